The van der Waals surface area contributed by atoms with Crippen molar-refractivity contribution in [2.24, 2.45) is 0 Å². The highest BCUT2D eigenvalue weighted by atomic mass is 16.3. The molecule has 0 spiro atoms. The number of hydrogen-bond acceptors (Lipinski definition) is 3. The molecule has 1 amide bonds. The number of hydrogen-bond donors (Lipinski definition) is 3. The van der Waals surface area contributed by atoms with Gasteiger partial charge in [-0.2, -0.15) is 0 Å². The Bertz CT molecular complexity index is 366. The second-order valence-electron chi connectivity index (χ2n) is 4.05. The van der Waals surface area contributed by atoms with Crippen LogP contribution in [0.3, 0.4) is 0 Å². The van der Waals surface area contributed by atoms with Crippen molar-refractivity contribution in [1.29, 1.82) is 0 Å². The molecule has 0 aliphatic carbocycles. The highest BCUT2D eigenvalue weighted by molar-refractivity contribution is 5.77. The molecular formula is C13H20N2O2. The molecule has 4 nitrogen and oxygen atoms in total. The van der Waals surface area contributed by atoms with Crippen LogP contribution in [0.2, 0.25) is 0 Å². The lowest BCUT2D eigenvalue weighted by atomic mass is 10.1. The van der Waals surface area contributed by atoms with Crippen LogP contribution >= 0.6 is 0 Å². The van der Waals surface area contributed by atoms with Crippen LogP contribution in [0.25, 0.3) is 0 Å². The number of carbonyl (C=O) groups is 1. The zero-order valence-corrected chi connectivity index (χ0v) is 10.4. The summed E-state index contributed by atoms with van der Waals surface area (Å²) in [6.45, 7) is 4.97. The quantitative estimate of drug-likeness (QED) is 0.702. The first-order valence-corrected chi connectivity index (χ1v) is 5.92. The van der Waals surface area contributed by atoms with Gasteiger partial charge in [-0.25, -0.2) is 0 Å². The molecule has 1 rings (SSSR count). The number of amides is 1. The van der Waals surface area contributed by atoms with Crippen LogP contribution in [-0.4, -0.2) is 24.1 Å². The van der Waals surface area contributed by atoms with E-state index >= 15 is 0 Å². The topological polar surface area (TPSA) is 61.4 Å². The molecule has 0 bridgehead atoms. The summed E-state index contributed by atoms with van der Waals surface area (Å²) in [5, 5.41) is 15.3. The average molecular weight is 236 g/mol. The third kappa shape index (κ3) is 4.87. The Balaban J connectivity index is 2.39. The molecule has 0 fully saturated rings. The number of phenols is 1. The van der Waals surface area contributed by atoms with E-state index in [2.05, 4.69) is 10.6 Å². The normalized spacial score (nSPS) is 12.1. The zero-order chi connectivity index (χ0) is 12.7. The maximum absolute atomic E-state index is 11.4. The number of aromatic hydroxyl groups is 1. The Morgan fingerprint density at radius 1 is 1.47 bits per heavy atom. The first-order chi connectivity index (χ1) is 8.13. The molecule has 0 aliphatic heterocycles. The second kappa shape index (κ2) is 6.91. The van der Waals surface area contributed by atoms with Gasteiger partial charge in [0.25, 0.3) is 0 Å². The monoisotopic (exact) mass is 236 g/mol. The van der Waals surface area contributed by atoms with Gasteiger partial charge in [-0.05, 0) is 31.0 Å². The number of phenolic OH excluding ortho intramolecular Hbond substituents is 1. The predicted molar refractivity (Wildman–Crippen MR) is 67.8 cm³/mol. The van der Waals surface area contributed by atoms with Crippen LogP contribution in [0, 0.1) is 0 Å². The number of benzene rings is 1. The molecule has 0 aromatic heterocycles. The van der Waals surface area contributed by atoms with Gasteiger partial charge in [-0.15, -0.1) is 0 Å². The van der Waals surface area contributed by atoms with Crippen molar-refractivity contribution >= 4 is 5.91 Å². The first kappa shape index (κ1) is 13.5. The minimum atomic E-state index is -0.00106. The van der Waals surface area contributed by atoms with Crippen LogP contribution < -0.4 is 10.6 Å². The Morgan fingerprint density at radius 3 is 2.88 bits per heavy atom. The molecule has 1 unspecified atom stereocenters. The van der Waals surface area contributed by atoms with E-state index in [1.54, 1.807) is 18.2 Å². The van der Waals surface area contributed by atoms with Gasteiger partial charge in [0.05, 0.1) is 6.54 Å². The highest BCUT2D eigenvalue weighted by Crippen LogP contribution is 2.17. The average Bonchev–Trinajstić information content (AvgIpc) is 2.33. The summed E-state index contributed by atoms with van der Waals surface area (Å²) >= 11 is 0. The van der Waals surface area contributed by atoms with Crippen LogP contribution in [0.15, 0.2) is 24.3 Å². The second-order valence-corrected chi connectivity index (χ2v) is 4.05. The summed E-state index contributed by atoms with van der Waals surface area (Å²) in [5.74, 6) is 0.241. The Hall–Kier alpha value is -1.55. The van der Waals surface area contributed by atoms with E-state index in [0.29, 0.717) is 6.54 Å². The van der Waals surface area contributed by atoms with Crippen molar-refractivity contribution in [3.05, 3.63) is 29.8 Å². The molecule has 17 heavy (non-hydrogen) atoms. The molecule has 0 saturated heterocycles. The van der Waals surface area contributed by atoms with Crippen LogP contribution in [0.4, 0.5) is 0 Å². The van der Waals surface area contributed by atoms with Crippen molar-refractivity contribution < 1.29 is 9.90 Å². The highest BCUT2D eigenvalue weighted by Gasteiger charge is 2.07. The van der Waals surface area contributed by atoms with Gasteiger partial charge in [0.1, 0.15) is 5.75 Å². The maximum Gasteiger partial charge on any atom is 0.233 e. The lowest BCUT2D eigenvalue weighted by Crippen LogP contribution is -2.35. The summed E-state index contributed by atoms with van der Waals surface area (Å²) in [6.07, 6.45) is 0.938. The van der Waals surface area contributed by atoms with Gasteiger partial charge in [-0.3, -0.25) is 4.79 Å². The third-order valence-electron chi connectivity index (χ3n) is 2.51. The minimum Gasteiger partial charge on any atom is -0.508 e. The predicted octanol–water partition coefficient (Wildman–Crippen LogP) is 1.57. The van der Waals surface area contributed by atoms with Crippen LogP contribution in [0.1, 0.15) is 31.9 Å². The van der Waals surface area contributed by atoms with Crippen molar-refractivity contribution in [2.45, 2.75) is 26.3 Å². The molecule has 4 heteroatoms. The molecule has 0 saturated carbocycles. The molecule has 1 atom stereocenters. The van der Waals surface area contributed by atoms with Gasteiger partial charge >= 0.3 is 0 Å². The fourth-order valence-electron chi connectivity index (χ4n) is 1.48. The van der Waals surface area contributed by atoms with E-state index in [1.807, 2.05) is 19.9 Å². The van der Waals surface area contributed by atoms with E-state index in [9.17, 15) is 9.90 Å². The van der Waals surface area contributed by atoms with E-state index in [4.69, 9.17) is 0 Å². The Labute approximate surface area is 102 Å². The third-order valence-corrected chi connectivity index (χ3v) is 2.51. The van der Waals surface area contributed by atoms with Gasteiger partial charge in [-0.1, -0.05) is 19.1 Å². The van der Waals surface area contributed by atoms with Crippen LogP contribution in [-0.2, 0) is 4.79 Å². The summed E-state index contributed by atoms with van der Waals surface area (Å²) in [5.41, 5.74) is 0.966. The lowest BCUT2D eigenvalue weighted by molar-refractivity contribution is -0.120. The molecule has 0 heterocycles. The van der Waals surface area contributed by atoms with Crippen molar-refractivity contribution in [3.8, 4) is 5.75 Å². The molecule has 0 aliphatic rings. The van der Waals surface area contributed by atoms with Gasteiger partial charge in [0.15, 0.2) is 0 Å². The van der Waals surface area contributed by atoms with Crippen molar-refractivity contribution in [1.82, 2.24) is 10.6 Å². The fraction of sp³-hybridized carbons (Fsp3) is 0.462. The van der Waals surface area contributed by atoms with E-state index in [0.717, 1.165) is 12.0 Å². The van der Waals surface area contributed by atoms with Gasteiger partial charge in [0, 0.05) is 12.6 Å². The largest absolute Gasteiger partial charge is 0.508 e. The summed E-state index contributed by atoms with van der Waals surface area (Å²) in [4.78, 5) is 11.4. The molecule has 0 radical (unpaired) electrons. The zero-order valence-electron chi connectivity index (χ0n) is 10.4. The molecule has 3 N–H and O–H groups in total. The lowest BCUT2D eigenvalue weighted by Gasteiger charge is -2.14. The summed E-state index contributed by atoms with van der Waals surface area (Å²) in [7, 11) is 0. The molecule has 1 aromatic rings. The number of carbonyl (C=O) groups excluding carboxylic acids is 1. The standard InChI is InChI=1S/C13H20N2O2/c1-3-7-14-13(17)9-15-10(2)11-5-4-6-12(16)8-11/h4-6,8,10,15-16H,3,7,9H2,1-2H3,(H,14,17). The SMILES string of the molecule is CCCNC(=O)CNC(C)c1cccc(O)c1. The number of nitrogens with one attached hydrogen (secondary N) is 2. The smallest absolute Gasteiger partial charge is 0.233 e. The summed E-state index contributed by atoms with van der Waals surface area (Å²) in [6, 6.07) is 7.07. The van der Waals surface area contributed by atoms with Gasteiger partial charge in [0.2, 0.25) is 5.91 Å². The molecule has 1 aromatic carbocycles. The van der Waals surface area contributed by atoms with E-state index < -0.39 is 0 Å². The van der Waals surface area contributed by atoms with E-state index in [-0.39, 0.29) is 24.2 Å². The van der Waals surface area contributed by atoms with Crippen molar-refractivity contribution in [2.75, 3.05) is 13.1 Å². The first-order valence-electron chi connectivity index (χ1n) is 5.92. The van der Waals surface area contributed by atoms with Crippen LogP contribution in [0.5, 0.6) is 5.75 Å². The van der Waals surface area contributed by atoms with E-state index in [1.165, 1.54) is 0 Å². The number of rotatable bonds is 6. The Morgan fingerprint density at radius 2 is 2.24 bits per heavy atom. The summed E-state index contributed by atoms with van der Waals surface area (Å²) < 4.78 is 0. The fourth-order valence-corrected chi connectivity index (χ4v) is 1.48. The molecule has 94 valence electrons. The minimum absolute atomic E-state index is 0.00106. The Kier molecular flexibility index (Phi) is 5.49. The van der Waals surface area contributed by atoms with Gasteiger partial charge < -0.3 is 15.7 Å². The molecular weight excluding hydrogens is 216 g/mol. The van der Waals surface area contributed by atoms with Crippen molar-refractivity contribution in [3.63, 3.8) is 0 Å². The maximum atomic E-state index is 11.4.